The highest BCUT2D eigenvalue weighted by molar-refractivity contribution is 7.92. The van der Waals surface area contributed by atoms with Gasteiger partial charge in [0.25, 0.3) is 15.9 Å². The van der Waals surface area contributed by atoms with E-state index in [9.17, 15) is 13.2 Å². The third-order valence-corrected chi connectivity index (χ3v) is 7.23. The average Bonchev–Trinajstić information content (AvgIpc) is 3.18. The van der Waals surface area contributed by atoms with E-state index in [-0.39, 0.29) is 10.5 Å². The number of sulfonamides is 1. The van der Waals surface area contributed by atoms with Crippen molar-refractivity contribution in [1.82, 2.24) is 10.0 Å². The minimum absolute atomic E-state index is 0.00454. The van der Waals surface area contributed by atoms with Gasteiger partial charge in [-0.1, -0.05) is 36.4 Å². The maximum absolute atomic E-state index is 12.9. The van der Waals surface area contributed by atoms with E-state index < -0.39 is 15.9 Å². The highest BCUT2D eigenvalue weighted by Crippen LogP contribution is 2.34. The molecule has 3 N–H and O–H groups in total. The summed E-state index contributed by atoms with van der Waals surface area (Å²) in [6.45, 7) is 0. The Kier molecular flexibility index (Phi) is 5.31. The number of fused-ring (bicyclic) bond motifs is 2. The van der Waals surface area contributed by atoms with Gasteiger partial charge in [0.05, 0.1) is 4.90 Å². The summed E-state index contributed by atoms with van der Waals surface area (Å²) in [5.41, 5.74) is 5.12. The van der Waals surface area contributed by atoms with Crippen LogP contribution in [0.3, 0.4) is 0 Å². The molecule has 170 valence electrons. The van der Waals surface area contributed by atoms with Crippen LogP contribution in [0.15, 0.2) is 96.0 Å². The molecule has 0 saturated carbocycles. The van der Waals surface area contributed by atoms with Crippen LogP contribution < -0.4 is 10.2 Å². The molecule has 0 aliphatic heterocycles. The molecule has 0 fully saturated rings. The first-order valence-electron chi connectivity index (χ1n) is 10.5. The molecule has 5 aromatic rings. The molecular weight excluding hydrogens is 450 g/mol. The van der Waals surface area contributed by atoms with Crippen molar-refractivity contribution in [3.05, 3.63) is 96.7 Å². The van der Waals surface area contributed by atoms with Crippen LogP contribution in [0.4, 0.5) is 5.69 Å². The Hall–Kier alpha value is -4.14. The van der Waals surface area contributed by atoms with Gasteiger partial charge < -0.3 is 4.57 Å². The zero-order chi connectivity index (χ0) is 23.9. The topological polar surface area (TPSA) is 100 Å². The van der Waals surface area contributed by atoms with Crippen LogP contribution in [-0.4, -0.2) is 24.1 Å². The van der Waals surface area contributed by atoms with Crippen molar-refractivity contribution in [2.75, 3.05) is 4.72 Å². The van der Waals surface area contributed by atoms with E-state index in [0.717, 1.165) is 32.8 Å². The SMILES string of the molecule is Cn1cc(-c2ccc3ccccc3c2)c2cc(NS(=O)(=O)c3ccc(C(=O)NO)cc3)ccc21. The number of hydrogen-bond acceptors (Lipinski definition) is 4. The zero-order valence-corrected chi connectivity index (χ0v) is 19.0. The molecule has 0 aliphatic rings. The van der Waals surface area contributed by atoms with Crippen LogP contribution in [0.2, 0.25) is 0 Å². The van der Waals surface area contributed by atoms with Gasteiger partial charge in [-0.2, -0.15) is 0 Å². The lowest BCUT2D eigenvalue weighted by Crippen LogP contribution is -2.19. The van der Waals surface area contributed by atoms with Crippen LogP contribution >= 0.6 is 0 Å². The molecule has 4 aromatic carbocycles. The van der Waals surface area contributed by atoms with E-state index in [2.05, 4.69) is 35.1 Å². The fourth-order valence-corrected chi connectivity index (χ4v) is 5.16. The Morgan fingerprint density at radius 2 is 1.62 bits per heavy atom. The van der Waals surface area contributed by atoms with Crippen molar-refractivity contribution in [3.8, 4) is 11.1 Å². The van der Waals surface area contributed by atoms with E-state index >= 15 is 0 Å². The number of amides is 1. The summed E-state index contributed by atoms with van der Waals surface area (Å²) in [6, 6.07) is 25.1. The summed E-state index contributed by atoms with van der Waals surface area (Å²) in [4.78, 5) is 11.5. The number of carbonyl (C=O) groups excluding carboxylic acids is 1. The molecule has 34 heavy (non-hydrogen) atoms. The first-order valence-corrected chi connectivity index (χ1v) is 12.0. The Morgan fingerprint density at radius 3 is 2.35 bits per heavy atom. The van der Waals surface area contributed by atoms with Gasteiger partial charge in [0, 0.05) is 41.0 Å². The summed E-state index contributed by atoms with van der Waals surface area (Å²) in [6.07, 6.45) is 2.04. The average molecular weight is 472 g/mol. The van der Waals surface area contributed by atoms with Gasteiger partial charge in [-0.15, -0.1) is 0 Å². The van der Waals surface area contributed by atoms with E-state index in [4.69, 9.17) is 5.21 Å². The lowest BCUT2D eigenvalue weighted by molar-refractivity contribution is 0.0706. The number of nitrogens with zero attached hydrogens (tertiary/aromatic N) is 1. The van der Waals surface area contributed by atoms with Gasteiger partial charge in [-0.25, -0.2) is 13.9 Å². The summed E-state index contributed by atoms with van der Waals surface area (Å²) in [5, 5.41) is 11.9. The third kappa shape index (κ3) is 3.89. The van der Waals surface area contributed by atoms with Crippen molar-refractivity contribution >= 4 is 43.3 Å². The molecule has 0 bridgehead atoms. The first kappa shape index (κ1) is 21.7. The van der Waals surface area contributed by atoms with Gasteiger partial charge >= 0.3 is 0 Å². The Bertz CT molecular complexity index is 1660. The molecule has 0 unspecified atom stereocenters. The molecule has 0 atom stereocenters. The highest BCUT2D eigenvalue weighted by atomic mass is 32.2. The summed E-state index contributed by atoms with van der Waals surface area (Å²) >= 11 is 0. The fourth-order valence-electron chi connectivity index (χ4n) is 4.11. The van der Waals surface area contributed by atoms with Crippen LogP contribution in [0.5, 0.6) is 0 Å². The van der Waals surface area contributed by atoms with Crippen molar-refractivity contribution in [2.45, 2.75) is 4.90 Å². The second kappa shape index (κ2) is 8.33. The standard InChI is InChI=1S/C26H21N3O4S/c1-29-16-24(20-7-6-17-4-2-3-5-19(17)14-20)23-15-21(10-13-25(23)29)28-34(32,33)22-11-8-18(9-12-22)26(30)27-31/h2-16,28,31H,1H3,(H,27,30). The fraction of sp³-hybridized carbons (Fsp3) is 0.0385. The molecule has 0 radical (unpaired) electrons. The maximum Gasteiger partial charge on any atom is 0.274 e. The molecule has 1 amide bonds. The largest absolute Gasteiger partial charge is 0.350 e. The Morgan fingerprint density at radius 1 is 0.882 bits per heavy atom. The quantitative estimate of drug-likeness (QED) is 0.250. The van der Waals surface area contributed by atoms with Crippen molar-refractivity contribution in [3.63, 3.8) is 0 Å². The number of carbonyl (C=O) groups is 1. The minimum Gasteiger partial charge on any atom is -0.350 e. The number of rotatable bonds is 5. The predicted molar refractivity (Wildman–Crippen MR) is 132 cm³/mol. The smallest absolute Gasteiger partial charge is 0.274 e. The van der Waals surface area contributed by atoms with Crippen LogP contribution in [0, 0.1) is 0 Å². The number of aromatic nitrogens is 1. The minimum atomic E-state index is -3.88. The van der Waals surface area contributed by atoms with Gasteiger partial charge in [0.1, 0.15) is 0 Å². The molecule has 7 nitrogen and oxygen atoms in total. The van der Waals surface area contributed by atoms with E-state index in [1.54, 1.807) is 6.07 Å². The monoisotopic (exact) mass is 471 g/mol. The number of nitrogens with one attached hydrogen (secondary N) is 2. The summed E-state index contributed by atoms with van der Waals surface area (Å²) in [5.74, 6) is -0.715. The highest BCUT2D eigenvalue weighted by Gasteiger charge is 2.17. The van der Waals surface area contributed by atoms with Crippen molar-refractivity contribution in [1.29, 1.82) is 0 Å². The van der Waals surface area contributed by atoms with E-state index in [1.807, 2.05) is 42.1 Å². The molecular formula is C26H21N3O4S. The van der Waals surface area contributed by atoms with E-state index in [1.165, 1.54) is 29.7 Å². The number of hydroxylamine groups is 1. The molecule has 5 rings (SSSR count). The molecule has 0 saturated heterocycles. The molecule has 1 aromatic heterocycles. The second-order valence-electron chi connectivity index (χ2n) is 8.02. The zero-order valence-electron chi connectivity index (χ0n) is 18.2. The normalized spacial score (nSPS) is 11.6. The molecule has 0 aliphatic carbocycles. The lowest BCUT2D eigenvalue weighted by atomic mass is 10.0. The van der Waals surface area contributed by atoms with Gasteiger partial charge in [0.15, 0.2) is 0 Å². The predicted octanol–water partition coefficient (Wildman–Crippen LogP) is 4.92. The van der Waals surface area contributed by atoms with Crippen LogP contribution in [-0.2, 0) is 17.1 Å². The van der Waals surface area contributed by atoms with Crippen molar-refractivity contribution < 1.29 is 18.4 Å². The Labute approximate surface area is 196 Å². The summed E-state index contributed by atoms with van der Waals surface area (Å²) < 4.78 is 30.5. The second-order valence-corrected chi connectivity index (χ2v) is 9.70. The number of benzene rings is 4. The first-order chi connectivity index (χ1) is 16.4. The number of anilines is 1. The maximum atomic E-state index is 12.9. The summed E-state index contributed by atoms with van der Waals surface area (Å²) in [7, 11) is -1.92. The third-order valence-electron chi connectivity index (χ3n) is 5.83. The molecule has 8 heteroatoms. The van der Waals surface area contributed by atoms with Crippen molar-refractivity contribution in [2.24, 2.45) is 7.05 Å². The van der Waals surface area contributed by atoms with Gasteiger partial charge in [0.2, 0.25) is 0 Å². The number of hydrogen-bond donors (Lipinski definition) is 3. The van der Waals surface area contributed by atoms with Crippen LogP contribution in [0.1, 0.15) is 10.4 Å². The van der Waals surface area contributed by atoms with Gasteiger partial charge in [-0.3, -0.25) is 14.7 Å². The Balaban J connectivity index is 1.52. The number of aryl methyl sites for hydroxylation is 1. The van der Waals surface area contributed by atoms with Gasteiger partial charge in [-0.05, 0) is 64.9 Å². The van der Waals surface area contributed by atoms with Crippen LogP contribution in [0.25, 0.3) is 32.8 Å². The van der Waals surface area contributed by atoms with E-state index in [0.29, 0.717) is 5.69 Å². The molecule has 0 spiro atoms. The molecule has 1 heterocycles. The lowest BCUT2D eigenvalue weighted by Gasteiger charge is -2.10.